The number of aliphatic imine (C=N–C) groups is 1. The van der Waals surface area contributed by atoms with Crippen LogP contribution in [-0.2, 0) is 23.2 Å². The van der Waals surface area contributed by atoms with E-state index in [4.69, 9.17) is 4.42 Å². The first-order valence-electron chi connectivity index (χ1n) is 9.76. The van der Waals surface area contributed by atoms with E-state index in [-0.39, 0.29) is 47.5 Å². The van der Waals surface area contributed by atoms with E-state index in [1.165, 1.54) is 12.1 Å². The van der Waals surface area contributed by atoms with E-state index in [0.717, 1.165) is 5.76 Å². The summed E-state index contributed by atoms with van der Waals surface area (Å²) in [6, 6.07) is 6.04. The molecule has 1 aromatic carbocycles. The maximum atomic E-state index is 13.2. The molecule has 0 aliphatic carbocycles. The second-order valence-electron chi connectivity index (χ2n) is 7.65. The minimum Gasteiger partial charge on any atom is -0.443 e. The highest BCUT2D eigenvalue weighted by molar-refractivity contribution is 14.0. The predicted molar refractivity (Wildman–Crippen MR) is 127 cm³/mol. The molecule has 1 aromatic heterocycles. The first-order chi connectivity index (χ1) is 13.8. The Balaban J connectivity index is 0.00000450. The van der Waals surface area contributed by atoms with Crippen LogP contribution < -0.4 is 16.0 Å². The van der Waals surface area contributed by atoms with Gasteiger partial charge in [0.2, 0.25) is 11.8 Å². The lowest BCUT2D eigenvalue weighted by molar-refractivity contribution is -0.120. The fraction of sp³-hybridized carbons (Fsp3) is 0.476. The summed E-state index contributed by atoms with van der Waals surface area (Å²) in [6.07, 6.45) is 1.88. The van der Waals surface area contributed by atoms with Crippen LogP contribution in [0.3, 0.4) is 0 Å². The Morgan fingerprint density at radius 2 is 1.93 bits per heavy atom. The van der Waals surface area contributed by atoms with Gasteiger partial charge in [0.05, 0.1) is 12.6 Å². The molecular formula is C21H31FIN5O2. The average Bonchev–Trinajstić information content (AvgIpc) is 3.12. The first-order valence-corrected chi connectivity index (χ1v) is 9.76. The standard InChI is InChI=1S/C21H30FN5O2.HI/c1-5-23-20(27-14-19-26-13-17(29-19)21(2,3)4)25-10-9-24-18(28)12-15-7-6-8-16(22)11-15;/h6-8,11,13H,5,9-10,12,14H2,1-4H3,(H,24,28)(H2,23,25,27);1H. The van der Waals surface area contributed by atoms with Crippen LogP contribution in [0.1, 0.15) is 44.9 Å². The highest BCUT2D eigenvalue weighted by atomic mass is 127. The van der Waals surface area contributed by atoms with Gasteiger partial charge in [-0.1, -0.05) is 32.9 Å². The van der Waals surface area contributed by atoms with Crippen LogP contribution in [0.2, 0.25) is 0 Å². The summed E-state index contributed by atoms with van der Waals surface area (Å²) in [7, 11) is 0. The number of oxazole rings is 1. The molecular weight excluding hydrogens is 500 g/mol. The molecule has 0 spiro atoms. The summed E-state index contributed by atoms with van der Waals surface area (Å²) in [6.45, 7) is 10.1. The van der Waals surface area contributed by atoms with Crippen molar-refractivity contribution in [3.8, 4) is 0 Å². The second kappa shape index (κ2) is 12.5. The summed E-state index contributed by atoms with van der Waals surface area (Å²) in [5, 5.41) is 9.09. The normalized spacial score (nSPS) is 11.6. The van der Waals surface area contributed by atoms with Crippen molar-refractivity contribution < 1.29 is 13.6 Å². The van der Waals surface area contributed by atoms with Gasteiger partial charge in [0.25, 0.3) is 0 Å². The highest BCUT2D eigenvalue weighted by Crippen LogP contribution is 2.22. The molecule has 0 saturated heterocycles. The number of guanidine groups is 1. The average molecular weight is 531 g/mol. The van der Waals surface area contributed by atoms with Crippen molar-refractivity contribution >= 4 is 35.8 Å². The summed E-state index contributed by atoms with van der Waals surface area (Å²) >= 11 is 0. The fourth-order valence-corrected chi connectivity index (χ4v) is 2.50. The molecule has 0 aliphatic heterocycles. The SMILES string of the molecule is CCNC(=NCc1ncc(C(C)(C)C)o1)NCCNC(=O)Cc1cccc(F)c1.I. The predicted octanol–water partition coefficient (Wildman–Crippen LogP) is 3.14. The van der Waals surface area contributed by atoms with Crippen LogP contribution in [0.5, 0.6) is 0 Å². The van der Waals surface area contributed by atoms with Crippen molar-refractivity contribution in [3.05, 3.63) is 53.5 Å². The van der Waals surface area contributed by atoms with Crippen molar-refractivity contribution in [2.75, 3.05) is 19.6 Å². The Hall–Kier alpha value is -2.17. The van der Waals surface area contributed by atoms with Gasteiger partial charge in [0, 0.05) is 25.0 Å². The largest absolute Gasteiger partial charge is 0.443 e. The summed E-state index contributed by atoms with van der Waals surface area (Å²) < 4.78 is 18.9. The van der Waals surface area contributed by atoms with E-state index in [1.807, 2.05) is 6.92 Å². The van der Waals surface area contributed by atoms with Gasteiger partial charge in [-0.2, -0.15) is 0 Å². The number of hydrogen-bond donors (Lipinski definition) is 3. The third kappa shape index (κ3) is 9.10. The minimum atomic E-state index is -0.343. The molecule has 2 rings (SSSR count). The number of carbonyl (C=O) groups excluding carboxylic acids is 1. The smallest absolute Gasteiger partial charge is 0.224 e. The molecule has 30 heavy (non-hydrogen) atoms. The van der Waals surface area contributed by atoms with Crippen molar-refractivity contribution in [2.24, 2.45) is 4.99 Å². The molecule has 0 unspecified atom stereocenters. The Morgan fingerprint density at radius 1 is 1.20 bits per heavy atom. The van der Waals surface area contributed by atoms with E-state index in [2.05, 4.69) is 46.7 Å². The zero-order valence-electron chi connectivity index (χ0n) is 17.9. The monoisotopic (exact) mass is 531 g/mol. The number of amides is 1. The van der Waals surface area contributed by atoms with Gasteiger partial charge in [-0.15, -0.1) is 24.0 Å². The van der Waals surface area contributed by atoms with Crippen molar-refractivity contribution in [1.29, 1.82) is 0 Å². The Labute approximate surface area is 194 Å². The number of halogens is 2. The highest BCUT2D eigenvalue weighted by Gasteiger charge is 2.19. The Kier molecular flexibility index (Phi) is 10.8. The molecule has 0 fully saturated rings. The molecule has 1 amide bonds. The van der Waals surface area contributed by atoms with Crippen molar-refractivity contribution in [1.82, 2.24) is 20.9 Å². The topological polar surface area (TPSA) is 91.6 Å². The van der Waals surface area contributed by atoms with E-state index < -0.39 is 0 Å². The first kappa shape index (κ1) is 25.9. The maximum Gasteiger partial charge on any atom is 0.224 e. The lowest BCUT2D eigenvalue weighted by Crippen LogP contribution is -2.41. The molecule has 0 radical (unpaired) electrons. The molecule has 9 heteroatoms. The molecule has 0 aliphatic rings. The van der Waals surface area contributed by atoms with Gasteiger partial charge in [0.1, 0.15) is 18.1 Å². The van der Waals surface area contributed by atoms with E-state index in [0.29, 0.717) is 43.6 Å². The van der Waals surface area contributed by atoms with Gasteiger partial charge < -0.3 is 20.4 Å². The maximum absolute atomic E-state index is 13.2. The Morgan fingerprint density at radius 3 is 2.57 bits per heavy atom. The molecule has 2 aromatic rings. The third-order valence-electron chi connectivity index (χ3n) is 4.00. The lowest BCUT2D eigenvalue weighted by Gasteiger charge is -2.13. The van der Waals surface area contributed by atoms with E-state index in [1.54, 1.807) is 18.3 Å². The van der Waals surface area contributed by atoms with Gasteiger partial charge in [-0.25, -0.2) is 14.4 Å². The number of rotatable bonds is 8. The van der Waals surface area contributed by atoms with Gasteiger partial charge >= 0.3 is 0 Å². The van der Waals surface area contributed by atoms with Crippen LogP contribution >= 0.6 is 24.0 Å². The molecule has 7 nitrogen and oxygen atoms in total. The van der Waals surface area contributed by atoms with Gasteiger partial charge in [-0.3, -0.25) is 4.79 Å². The number of aromatic nitrogens is 1. The quantitative estimate of drug-likeness (QED) is 0.211. The number of hydrogen-bond acceptors (Lipinski definition) is 4. The van der Waals surface area contributed by atoms with Crippen molar-refractivity contribution in [2.45, 2.75) is 46.1 Å². The van der Waals surface area contributed by atoms with Gasteiger partial charge in [0.15, 0.2) is 5.96 Å². The number of benzene rings is 1. The number of carbonyl (C=O) groups is 1. The molecule has 3 N–H and O–H groups in total. The van der Waals surface area contributed by atoms with Crippen LogP contribution in [0.25, 0.3) is 0 Å². The Bertz CT molecular complexity index is 833. The minimum absolute atomic E-state index is 0. The third-order valence-corrected chi connectivity index (χ3v) is 4.00. The fourth-order valence-electron chi connectivity index (χ4n) is 2.50. The number of nitrogens with zero attached hydrogens (tertiary/aromatic N) is 2. The summed E-state index contributed by atoms with van der Waals surface area (Å²) in [5.74, 6) is 1.48. The second-order valence-corrected chi connectivity index (χ2v) is 7.65. The zero-order valence-corrected chi connectivity index (χ0v) is 20.2. The molecule has 0 atom stereocenters. The molecule has 0 saturated carbocycles. The van der Waals surface area contributed by atoms with E-state index in [9.17, 15) is 9.18 Å². The van der Waals surface area contributed by atoms with Crippen LogP contribution in [0.15, 0.2) is 39.9 Å². The van der Waals surface area contributed by atoms with Crippen molar-refractivity contribution in [3.63, 3.8) is 0 Å². The summed E-state index contributed by atoms with van der Waals surface area (Å²) in [5.41, 5.74) is 0.549. The zero-order chi connectivity index (χ0) is 21.3. The molecule has 1 heterocycles. The number of nitrogens with one attached hydrogen (secondary N) is 3. The lowest BCUT2D eigenvalue weighted by atomic mass is 9.94. The van der Waals surface area contributed by atoms with E-state index >= 15 is 0 Å². The van der Waals surface area contributed by atoms with Crippen LogP contribution in [0.4, 0.5) is 4.39 Å². The molecule has 166 valence electrons. The summed E-state index contributed by atoms with van der Waals surface area (Å²) in [4.78, 5) is 20.7. The van der Waals surface area contributed by atoms with Crippen LogP contribution in [-0.4, -0.2) is 36.5 Å². The van der Waals surface area contributed by atoms with Gasteiger partial charge in [-0.05, 0) is 24.6 Å². The molecule has 0 bridgehead atoms. The van der Waals surface area contributed by atoms with Crippen LogP contribution in [0, 0.1) is 5.82 Å².